The summed E-state index contributed by atoms with van der Waals surface area (Å²) < 4.78 is 3.17. The first-order valence-electron chi connectivity index (χ1n) is 9.57. The van der Waals surface area contributed by atoms with Gasteiger partial charge in [-0.05, 0) is 47.0 Å². The predicted octanol–water partition coefficient (Wildman–Crippen LogP) is 5.01. The highest BCUT2D eigenvalue weighted by Crippen LogP contribution is 2.46. The van der Waals surface area contributed by atoms with Crippen LogP contribution in [-0.4, -0.2) is 26.1 Å². The lowest BCUT2D eigenvalue weighted by molar-refractivity contribution is -0.523. The molecule has 9 heteroatoms. The van der Waals surface area contributed by atoms with Gasteiger partial charge in [0, 0.05) is 5.56 Å². The van der Waals surface area contributed by atoms with Gasteiger partial charge in [-0.25, -0.2) is 0 Å². The molecule has 0 radical (unpaired) electrons. The van der Waals surface area contributed by atoms with Gasteiger partial charge in [0.05, 0.1) is 16.1 Å². The van der Waals surface area contributed by atoms with E-state index in [-0.39, 0.29) is 29.0 Å². The molecule has 0 bridgehead atoms. The molecule has 0 aromatic heterocycles. The van der Waals surface area contributed by atoms with E-state index in [0.29, 0.717) is 0 Å². The van der Waals surface area contributed by atoms with Gasteiger partial charge >= 0.3 is 4.46 Å². The Morgan fingerprint density at radius 3 is 2.00 bits per heavy atom. The third-order valence-electron chi connectivity index (χ3n) is 5.11. The number of benzene rings is 3. The van der Waals surface area contributed by atoms with Crippen LogP contribution < -0.4 is 4.74 Å². The average molecular weight is 471 g/mol. The minimum Gasteiger partial charge on any atom is -0.489 e. The maximum Gasteiger partial charge on any atom is 0.395 e. The summed E-state index contributed by atoms with van der Waals surface area (Å²) in [5.74, 6) is -1.23. The first-order chi connectivity index (χ1) is 15.3. The lowest BCUT2D eigenvalue weighted by Gasteiger charge is -2.31. The van der Waals surface area contributed by atoms with Crippen molar-refractivity contribution in [2.24, 2.45) is 0 Å². The molecule has 32 heavy (non-hydrogen) atoms. The van der Waals surface area contributed by atoms with Crippen LogP contribution in [0.25, 0.3) is 0 Å². The number of rotatable bonds is 7. The zero-order valence-electron chi connectivity index (χ0n) is 16.5. The van der Waals surface area contributed by atoms with Crippen LogP contribution in [0.15, 0.2) is 78.9 Å². The first kappa shape index (κ1) is 21.8. The Bertz CT molecular complexity index is 1160. The molecule has 1 atom stereocenters. The number of halogens is 2. The van der Waals surface area contributed by atoms with Crippen LogP contribution in [0.5, 0.6) is 5.75 Å². The molecule has 0 N–H and O–H groups in total. The minimum absolute atomic E-state index is 0.123. The number of ether oxygens (including phenoxy) is 1. The minimum atomic E-state index is -2.72. The third-order valence-corrected chi connectivity index (χ3v) is 5.80. The van der Waals surface area contributed by atoms with Crippen molar-refractivity contribution in [2.75, 3.05) is 0 Å². The van der Waals surface area contributed by atoms with E-state index in [1.165, 1.54) is 18.2 Å². The van der Waals surface area contributed by atoms with Gasteiger partial charge in [-0.1, -0.05) is 60.7 Å². The number of amides is 2. The lowest BCUT2D eigenvalue weighted by Crippen LogP contribution is -2.46. The molecule has 1 aliphatic heterocycles. The molecular weight excluding hydrogens is 455 g/mol. The Hall–Kier alpha value is -3.42. The molecule has 1 unspecified atom stereocenters. The second-order valence-electron chi connectivity index (χ2n) is 7.09. The number of para-hydroxylation sites is 1. The Labute approximate surface area is 193 Å². The summed E-state index contributed by atoms with van der Waals surface area (Å²) in [5.41, 5.74) is 1.24. The van der Waals surface area contributed by atoms with Crippen LogP contribution >= 0.6 is 23.2 Å². The molecule has 3 aromatic carbocycles. The molecule has 3 aromatic rings. The van der Waals surface area contributed by atoms with E-state index < -0.39 is 27.2 Å². The number of carbonyl (C=O) groups excluding carboxylic acids is 2. The van der Waals surface area contributed by atoms with Gasteiger partial charge in [-0.2, -0.15) is 0 Å². The number of hydrogen-bond acceptors (Lipinski definition) is 5. The standard InChI is InChI=1S/C23H16Cl2N2O5/c24-23(25,27(30)31)20(26-21(28)16-10-4-5-11-17(16)22(26)29)18-12-6-7-13-19(18)32-14-15-8-2-1-3-9-15/h1-13,20H,14H2. The molecule has 2 amide bonds. The summed E-state index contributed by atoms with van der Waals surface area (Å²) in [6.07, 6.45) is 0. The molecule has 0 saturated heterocycles. The second-order valence-corrected chi connectivity index (χ2v) is 8.43. The van der Waals surface area contributed by atoms with Gasteiger partial charge in [0.25, 0.3) is 11.8 Å². The SMILES string of the molecule is O=C1c2ccccc2C(=O)N1C(c1ccccc1OCc1ccccc1)C(Cl)(Cl)[N+](=O)[O-]. The topological polar surface area (TPSA) is 89.8 Å². The largest absolute Gasteiger partial charge is 0.489 e. The highest BCUT2D eigenvalue weighted by molar-refractivity contribution is 6.47. The van der Waals surface area contributed by atoms with Crippen molar-refractivity contribution in [3.63, 3.8) is 0 Å². The molecule has 1 aliphatic rings. The Kier molecular flexibility index (Phi) is 5.86. The maximum atomic E-state index is 13.1. The van der Waals surface area contributed by atoms with E-state index in [9.17, 15) is 19.7 Å². The first-order valence-corrected chi connectivity index (χ1v) is 10.3. The number of carbonyl (C=O) groups is 2. The molecule has 0 saturated carbocycles. The Balaban J connectivity index is 1.79. The second kappa shape index (κ2) is 8.61. The quantitative estimate of drug-likeness (QED) is 0.159. The molecule has 0 spiro atoms. The molecule has 162 valence electrons. The van der Waals surface area contributed by atoms with Crippen molar-refractivity contribution in [2.45, 2.75) is 17.1 Å². The van der Waals surface area contributed by atoms with E-state index in [2.05, 4.69) is 0 Å². The van der Waals surface area contributed by atoms with Gasteiger partial charge in [-0.3, -0.25) is 24.6 Å². The number of nitro groups is 1. The molecular formula is C23H16Cl2N2O5. The summed E-state index contributed by atoms with van der Waals surface area (Å²) in [6.45, 7) is 0.155. The van der Waals surface area contributed by atoms with Gasteiger partial charge in [0.1, 0.15) is 12.4 Å². The van der Waals surface area contributed by atoms with Crippen LogP contribution in [0.1, 0.15) is 37.9 Å². The number of imide groups is 1. The highest BCUT2D eigenvalue weighted by Gasteiger charge is 2.57. The van der Waals surface area contributed by atoms with E-state index >= 15 is 0 Å². The maximum absolute atomic E-state index is 13.1. The Morgan fingerprint density at radius 1 is 0.875 bits per heavy atom. The zero-order valence-corrected chi connectivity index (χ0v) is 18.0. The van der Waals surface area contributed by atoms with Crippen molar-refractivity contribution in [3.8, 4) is 5.75 Å². The number of hydrogen-bond donors (Lipinski definition) is 0. The van der Waals surface area contributed by atoms with Crippen LogP contribution in [-0.2, 0) is 6.61 Å². The van der Waals surface area contributed by atoms with Crippen LogP contribution in [0.4, 0.5) is 0 Å². The van der Waals surface area contributed by atoms with E-state index in [4.69, 9.17) is 27.9 Å². The van der Waals surface area contributed by atoms with Crippen molar-refractivity contribution < 1.29 is 19.2 Å². The fourth-order valence-electron chi connectivity index (χ4n) is 3.60. The van der Waals surface area contributed by atoms with E-state index in [1.54, 1.807) is 30.3 Å². The molecule has 4 rings (SSSR count). The average Bonchev–Trinajstić information content (AvgIpc) is 3.04. The molecule has 1 heterocycles. The normalized spacial score (nSPS) is 14.2. The summed E-state index contributed by atoms with van der Waals surface area (Å²) in [5, 5.41) is 11.8. The van der Waals surface area contributed by atoms with Crippen molar-refractivity contribution in [1.29, 1.82) is 0 Å². The van der Waals surface area contributed by atoms with Gasteiger partial charge in [-0.15, -0.1) is 0 Å². The van der Waals surface area contributed by atoms with Crippen molar-refractivity contribution in [3.05, 3.63) is 111 Å². The van der Waals surface area contributed by atoms with Crippen LogP contribution in [0.2, 0.25) is 0 Å². The number of alkyl halides is 2. The fraction of sp³-hybridized carbons (Fsp3) is 0.130. The summed E-state index contributed by atoms with van der Waals surface area (Å²) in [4.78, 5) is 37.8. The van der Waals surface area contributed by atoms with Crippen LogP contribution in [0.3, 0.4) is 0 Å². The van der Waals surface area contributed by atoms with Crippen molar-refractivity contribution in [1.82, 2.24) is 4.90 Å². The summed E-state index contributed by atoms with van der Waals surface area (Å²) in [6, 6.07) is 20.1. The smallest absolute Gasteiger partial charge is 0.395 e. The zero-order chi connectivity index (χ0) is 22.9. The highest BCUT2D eigenvalue weighted by atomic mass is 35.5. The lowest BCUT2D eigenvalue weighted by atomic mass is 10.0. The van der Waals surface area contributed by atoms with Crippen molar-refractivity contribution >= 4 is 35.0 Å². The molecule has 7 nitrogen and oxygen atoms in total. The van der Waals surface area contributed by atoms with E-state index in [1.807, 2.05) is 30.3 Å². The van der Waals surface area contributed by atoms with Gasteiger partial charge < -0.3 is 4.74 Å². The fourth-order valence-corrected chi connectivity index (χ4v) is 4.03. The number of fused-ring (bicyclic) bond motifs is 1. The molecule has 0 aliphatic carbocycles. The Morgan fingerprint density at radius 2 is 1.41 bits per heavy atom. The molecule has 0 fully saturated rings. The van der Waals surface area contributed by atoms with Gasteiger partial charge in [0.15, 0.2) is 6.04 Å². The van der Waals surface area contributed by atoms with Crippen LogP contribution in [0, 0.1) is 10.1 Å². The van der Waals surface area contributed by atoms with Gasteiger partial charge in [0.2, 0.25) is 0 Å². The third kappa shape index (κ3) is 3.81. The summed E-state index contributed by atoms with van der Waals surface area (Å²) >= 11 is 12.4. The predicted molar refractivity (Wildman–Crippen MR) is 118 cm³/mol. The monoisotopic (exact) mass is 470 g/mol. The van der Waals surface area contributed by atoms with E-state index in [0.717, 1.165) is 10.5 Å². The summed E-state index contributed by atoms with van der Waals surface area (Å²) in [7, 11) is 0. The number of nitrogens with zero attached hydrogens (tertiary/aromatic N) is 2.